The highest BCUT2D eigenvalue weighted by Gasteiger charge is 2.38. The zero-order valence-electron chi connectivity index (χ0n) is 24.4. The van der Waals surface area contributed by atoms with Gasteiger partial charge in [0.05, 0.1) is 17.6 Å². The lowest BCUT2D eigenvalue weighted by molar-refractivity contribution is -0.192. The molecular weight excluding hydrogens is 602 g/mol. The van der Waals surface area contributed by atoms with E-state index in [0.29, 0.717) is 12.4 Å². The maximum atomic E-state index is 13.8. The van der Waals surface area contributed by atoms with Gasteiger partial charge in [-0.3, -0.25) is 4.68 Å². The molecule has 46 heavy (non-hydrogen) atoms. The van der Waals surface area contributed by atoms with E-state index in [1.54, 1.807) is 29.3 Å². The minimum absolute atomic E-state index is 0.268. The molecule has 0 atom stereocenters. The summed E-state index contributed by atoms with van der Waals surface area (Å²) in [6.07, 6.45) is 1.10. The summed E-state index contributed by atoms with van der Waals surface area (Å²) in [7, 11) is 0. The summed E-state index contributed by atoms with van der Waals surface area (Å²) in [4.78, 5) is 17.6. The number of benzene rings is 3. The molecular formula is C33H27F4N7O2. The van der Waals surface area contributed by atoms with Crippen LogP contribution in [0.25, 0.3) is 28.1 Å². The van der Waals surface area contributed by atoms with Crippen molar-refractivity contribution >= 4 is 17.5 Å². The van der Waals surface area contributed by atoms with Gasteiger partial charge < -0.3 is 10.4 Å². The number of nitrogens with zero attached hydrogens (tertiary/aromatic N) is 6. The van der Waals surface area contributed by atoms with Crippen LogP contribution in [0.2, 0.25) is 0 Å². The Balaban J connectivity index is 0.000000537. The number of nitrogens with one attached hydrogen (secondary N) is 1. The van der Waals surface area contributed by atoms with E-state index in [0.717, 1.165) is 46.0 Å². The van der Waals surface area contributed by atoms with Crippen molar-refractivity contribution in [3.63, 3.8) is 0 Å². The molecule has 234 valence electrons. The highest BCUT2D eigenvalue weighted by molar-refractivity contribution is 5.82. The molecule has 0 saturated carbocycles. The molecule has 0 fully saturated rings. The van der Waals surface area contributed by atoms with Crippen LogP contribution in [0.15, 0.2) is 110 Å². The highest BCUT2D eigenvalue weighted by atomic mass is 19.4. The van der Waals surface area contributed by atoms with Crippen molar-refractivity contribution < 1.29 is 27.5 Å². The molecule has 6 aromatic rings. The topological polar surface area (TPSA) is 111 Å². The Morgan fingerprint density at radius 3 is 2.24 bits per heavy atom. The summed E-state index contributed by atoms with van der Waals surface area (Å²) in [5.74, 6) is -1.59. The lowest BCUT2D eigenvalue weighted by Gasteiger charge is -2.12. The van der Waals surface area contributed by atoms with Crippen LogP contribution >= 0.6 is 0 Å². The molecule has 0 aliphatic carbocycles. The molecule has 2 N–H and O–H groups in total. The molecule has 0 aliphatic rings. The number of rotatable bonds is 8. The van der Waals surface area contributed by atoms with E-state index < -0.39 is 12.1 Å². The van der Waals surface area contributed by atoms with E-state index in [9.17, 15) is 17.6 Å². The minimum Gasteiger partial charge on any atom is -0.475 e. The second-order valence-corrected chi connectivity index (χ2v) is 10.0. The Bertz CT molecular complexity index is 1900. The molecule has 0 saturated heterocycles. The minimum atomic E-state index is -5.08. The molecule has 3 heterocycles. The molecule has 0 bridgehead atoms. The van der Waals surface area contributed by atoms with E-state index in [1.807, 2.05) is 72.4 Å². The van der Waals surface area contributed by atoms with Crippen molar-refractivity contribution in [1.29, 1.82) is 0 Å². The SMILES string of the molecule is Cc1ncn(-c2ccc(Nc3cc(-c4cnn(CCc5ccccc5)c4-c4ccc(F)cc4)ccn3)cc2)n1.O=C(O)C(F)(F)F. The molecule has 3 aromatic heterocycles. The Morgan fingerprint density at radius 2 is 1.61 bits per heavy atom. The van der Waals surface area contributed by atoms with Gasteiger partial charge in [-0.05, 0) is 85.1 Å². The predicted octanol–water partition coefficient (Wildman–Crippen LogP) is 7.26. The number of carbonyl (C=O) groups is 1. The Labute approximate surface area is 260 Å². The number of halogens is 4. The number of aryl methyl sites for hydroxylation is 3. The molecule has 6 rings (SSSR count). The molecule has 0 aliphatic heterocycles. The van der Waals surface area contributed by atoms with Gasteiger partial charge in [0.15, 0.2) is 0 Å². The molecule has 0 amide bonds. The first-order valence-corrected chi connectivity index (χ1v) is 13.9. The number of alkyl halides is 3. The number of anilines is 2. The van der Waals surface area contributed by atoms with E-state index in [-0.39, 0.29) is 5.82 Å². The number of pyridine rings is 1. The van der Waals surface area contributed by atoms with Gasteiger partial charge in [0, 0.05) is 29.6 Å². The third-order valence-corrected chi connectivity index (χ3v) is 6.74. The third-order valence-electron chi connectivity index (χ3n) is 6.74. The summed E-state index contributed by atoms with van der Waals surface area (Å²) >= 11 is 0. The van der Waals surface area contributed by atoms with E-state index in [4.69, 9.17) is 15.0 Å². The van der Waals surface area contributed by atoms with Crippen LogP contribution in [0, 0.1) is 12.7 Å². The van der Waals surface area contributed by atoms with Gasteiger partial charge in [0.25, 0.3) is 0 Å². The monoisotopic (exact) mass is 629 g/mol. The number of carboxylic acids is 1. The van der Waals surface area contributed by atoms with E-state index in [2.05, 4.69) is 32.5 Å². The standard InChI is InChI=1S/C31H26FN7.C2HF3O2/c1-22-34-21-39(37-22)28-13-11-27(12-14-28)36-30-19-25(15-17-33-30)29-20-35-38(18-16-23-5-3-2-4-6-23)31(29)24-7-9-26(32)10-8-24;3-2(4,5)1(6)7/h2-15,17,19-21H,16,18H2,1H3,(H,33,36);(H,6,7). The van der Waals surface area contributed by atoms with Crippen molar-refractivity contribution in [3.05, 3.63) is 127 Å². The number of aliphatic carboxylic acids is 1. The summed E-state index contributed by atoms with van der Waals surface area (Å²) < 4.78 is 49.2. The molecule has 9 nitrogen and oxygen atoms in total. The fourth-order valence-electron chi connectivity index (χ4n) is 4.54. The maximum Gasteiger partial charge on any atom is 0.490 e. The van der Waals surface area contributed by atoms with Crippen LogP contribution < -0.4 is 5.32 Å². The zero-order valence-corrected chi connectivity index (χ0v) is 24.4. The lowest BCUT2D eigenvalue weighted by Crippen LogP contribution is -2.21. The number of hydrogen-bond donors (Lipinski definition) is 2. The Morgan fingerprint density at radius 1 is 0.913 bits per heavy atom. The molecule has 0 unspecified atom stereocenters. The van der Waals surface area contributed by atoms with Crippen LogP contribution in [0.4, 0.5) is 29.1 Å². The first-order valence-electron chi connectivity index (χ1n) is 13.9. The van der Waals surface area contributed by atoms with Crippen LogP contribution in [-0.4, -0.2) is 46.8 Å². The van der Waals surface area contributed by atoms with E-state index >= 15 is 0 Å². The van der Waals surface area contributed by atoms with Crippen LogP contribution in [0.5, 0.6) is 0 Å². The van der Waals surface area contributed by atoms with Gasteiger partial charge in [-0.25, -0.2) is 23.8 Å². The van der Waals surface area contributed by atoms with Gasteiger partial charge in [-0.2, -0.15) is 23.4 Å². The van der Waals surface area contributed by atoms with Crippen LogP contribution in [0.3, 0.4) is 0 Å². The smallest absolute Gasteiger partial charge is 0.475 e. The van der Waals surface area contributed by atoms with Crippen LogP contribution in [0.1, 0.15) is 11.4 Å². The molecule has 3 aromatic carbocycles. The molecule has 13 heteroatoms. The largest absolute Gasteiger partial charge is 0.490 e. The van der Waals surface area contributed by atoms with Gasteiger partial charge in [0.2, 0.25) is 0 Å². The van der Waals surface area contributed by atoms with Crippen molar-refractivity contribution in [2.24, 2.45) is 0 Å². The van der Waals surface area contributed by atoms with Crippen molar-refractivity contribution in [1.82, 2.24) is 29.5 Å². The van der Waals surface area contributed by atoms with Gasteiger partial charge in [0.1, 0.15) is 23.8 Å². The average Bonchev–Trinajstić information content (AvgIpc) is 3.68. The average molecular weight is 630 g/mol. The predicted molar refractivity (Wildman–Crippen MR) is 164 cm³/mol. The van der Waals surface area contributed by atoms with Crippen molar-refractivity contribution in [3.8, 4) is 28.1 Å². The molecule has 0 spiro atoms. The summed E-state index contributed by atoms with van der Waals surface area (Å²) in [6, 6.07) is 28.8. The number of carboxylic acid groups (broad SMARTS) is 1. The third kappa shape index (κ3) is 8.00. The highest BCUT2D eigenvalue weighted by Crippen LogP contribution is 2.33. The second-order valence-electron chi connectivity index (χ2n) is 10.0. The number of aromatic nitrogens is 6. The summed E-state index contributed by atoms with van der Waals surface area (Å²) in [5.41, 5.74) is 6.83. The lowest BCUT2D eigenvalue weighted by atomic mass is 10.0. The fourth-order valence-corrected chi connectivity index (χ4v) is 4.54. The second kappa shape index (κ2) is 13.8. The van der Waals surface area contributed by atoms with Gasteiger partial charge >= 0.3 is 12.1 Å². The van der Waals surface area contributed by atoms with Crippen molar-refractivity contribution in [2.45, 2.75) is 26.1 Å². The quantitative estimate of drug-likeness (QED) is 0.171. The normalized spacial score (nSPS) is 11.1. The summed E-state index contributed by atoms with van der Waals surface area (Å²) in [6.45, 7) is 2.56. The zero-order chi connectivity index (χ0) is 32.7. The first-order chi connectivity index (χ1) is 22.1. The van der Waals surface area contributed by atoms with Crippen molar-refractivity contribution in [2.75, 3.05) is 5.32 Å². The summed E-state index contributed by atoms with van der Waals surface area (Å²) in [5, 5.41) is 19.6. The Hall–Kier alpha value is -5.85. The first kappa shape index (κ1) is 31.6. The Kier molecular flexibility index (Phi) is 9.50. The van der Waals surface area contributed by atoms with Gasteiger partial charge in [-0.1, -0.05) is 30.3 Å². The number of hydrogen-bond acceptors (Lipinski definition) is 6. The maximum absolute atomic E-state index is 13.8. The molecule has 0 radical (unpaired) electrons. The van der Waals surface area contributed by atoms with E-state index in [1.165, 1.54) is 17.7 Å². The van der Waals surface area contributed by atoms with Gasteiger partial charge in [-0.15, -0.1) is 0 Å². The fraction of sp³-hybridized carbons (Fsp3) is 0.121. The van der Waals surface area contributed by atoms with Crippen LogP contribution in [-0.2, 0) is 17.8 Å².